The van der Waals surface area contributed by atoms with E-state index in [0.717, 1.165) is 0 Å². The maximum Gasteiger partial charge on any atom is 0.323 e. The lowest BCUT2D eigenvalue weighted by atomic mass is 10.1. The second-order valence-electron chi connectivity index (χ2n) is 2.82. The van der Waals surface area contributed by atoms with Crippen LogP contribution in [0.1, 0.15) is 0 Å². The molecule has 0 saturated heterocycles. The molecule has 0 amide bonds. The molecule has 7 N–H and O–H groups in total. The lowest BCUT2D eigenvalue weighted by Gasteiger charge is -2.18. The van der Waals surface area contributed by atoms with E-state index in [0.29, 0.717) is 6.54 Å². The first-order chi connectivity index (χ1) is 6.02. The Hall–Kier alpha value is -1.34. The van der Waals surface area contributed by atoms with Crippen LogP contribution in [0.4, 0.5) is 0 Å². The van der Waals surface area contributed by atoms with Crippen molar-refractivity contribution < 1.29 is 15.0 Å². The minimum atomic E-state index is -1.33. The van der Waals surface area contributed by atoms with Gasteiger partial charge in [0.15, 0.2) is 5.96 Å². The van der Waals surface area contributed by atoms with Gasteiger partial charge in [0.2, 0.25) is 0 Å². The Balaban J connectivity index is 2.58. The normalized spacial score (nSPS) is 26.0. The van der Waals surface area contributed by atoms with E-state index in [-0.39, 0.29) is 5.96 Å². The summed E-state index contributed by atoms with van der Waals surface area (Å²) in [4.78, 5) is 14.2. The van der Waals surface area contributed by atoms with E-state index < -0.39 is 24.2 Å². The van der Waals surface area contributed by atoms with Crippen LogP contribution >= 0.6 is 0 Å². The molecule has 1 aliphatic heterocycles. The van der Waals surface area contributed by atoms with Gasteiger partial charge in [-0.3, -0.25) is 4.79 Å². The average Bonchev–Trinajstić information content (AvgIpc) is 2.49. The number of aliphatic imine (C=N–C) groups is 1. The first-order valence-corrected chi connectivity index (χ1v) is 3.76. The highest BCUT2D eigenvalue weighted by molar-refractivity contribution is 5.80. The lowest BCUT2D eigenvalue weighted by Crippen LogP contribution is -2.48. The second-order valence-corrected chi connectivity index (χ2v) is 2.82. The molecule has 0 radical (unpaired) electrons. The first-order valence-electron chi connectivity index (χ1n) is 3.76. The van der Waals surface area contributed by atoms with Crippen LogP contribution in [0, 0.1) is 0 Å². The van der Waals surface area contributed by atoms with Crippen LogP contribution in [0.3, 0.4) is 0 Å². The molecule has 1 aliphatic rings. The molecule has 13 heavy (non-hydrogen) atoms. The number of hydrogen-bond donors (Lipinski definition) is 5. The van der Waals surface area contributed by atoms with Gasteiger partial charge >= 0.3 is 5.97 Å². The molecule has 0 bridgehead atoms. The van der Waals surface area contributed by atoms with Gasteiger partial charge in [0, 0.05) is 6.54 Å². The molecule has 0 fully saturated rings. The highest BCUT2D eigenvalue weighted by Crippen LogP contribution is 2.05. The van der Waals surface area contributed by atoms with Gasteiger partial charge in [-0.2, -0.15) is 0 Å². The quantitative estimate of drug-likeness (QED) is 0.321. The Morgan fingerprint density at radius 2 is 2.38 bits per heavy atom. The van der Waals surface area contributed by atoms with Crippen molar-refractivity contribution in [3.8, 4) is 0 Å². The van der Waals surface area contributed by atoms with Crippen molar-refractivity contribution in [2.75, 3.05) is 6.54 Å². The van der Waals surface area contributed by atoms with Crippen molar-refractivity contribution in [3.05, 3.63) is 0 Å². The summed E-state index contributed by atoms with van der Waals surface area (Å²) in [5, 5.41) is 20.6. The minimum Gasteiger partial charge on any atom is -0.480 e. The molecular weight excluding hydrogens is 176 g/mol. The standard InChI is InChI=1S/C6H12N4O3/c7-3(5(12)13)4(11)2-1-9-6(8)10-2/h2-4,11H,1,7H2,(H,12,13)(H3,8,9,10)/t2-,3-,4-/m0/s1. The van der Waals surface area contributed by atoms with Crippen LogP contribution in [0.5, 0.6) is 0 Å². The van der Waals surface area contributed by atoms with Crippen LogP contribution in [0.25, 0.3) is 0 Å². The highest BCUT2D eigenvalue weighted by atomic mass is 16.4. The third-order valence-electron chi connectivity index (χ3n) is 1.84. The van der Waals surface area contributed by atoms with Crippen molar-refractivity contribution in [1.29, 1.82) is 0 Å². The lowest BCUT2D eigenvalue weighted by molar-refractivity contribution is -0.141. The predicted octanol–water partition coefficient (Wildman–Crippen LogP) is -2.95. The Morgan fingerprint density at radius 3 is 2.77 bits per heavy atom. The van der Waals surface area contributed by atoms with Gasteiger partial charge < -0.3 is 27.0 Å². The van der Waals surface area contributed by atoms with E-state index in [1.54, 1.807) is 0 Å². The van der Waals surface area contributed by atoms with Crippen molar-refractivity contribution in [2.24, 2.45) is 16.5 Å². The van der Waals surface area contributed by atoms with E-state index in [2.05, 4.69) is 10.3 Å². The van der Waals surface area contributed by atoms with Crippen LogP contribution in [-0.2, 0) is 4.79 Å². The van der Waals surface area contributed by atoms with Crippen molar-refractivity contribution in [3.63, 3.8) is 0 Å². The summed E-state index contributed by atoms with van der Waals surface area (Å²) >= 11 is 0. The van der Waals surface area contributed by atoms with Crippen molar-refractivity contribution in [2.45, 2.75) is 18.2 Å². The summed E-state index contributed by atoms with van der Waals surface area (Å²) < 4.78 is 0. The number of carboxylic acid groups (broad SMARTS) is 1. The number of aliphatic hydroxyl groups is 1. The summed E-state index contributed by atoms with van der Waals surface area (Å²) in [7, 11) is 0. The monoisotopic (exact) mass is 188 g/mol. The number of aliphatic hydroxyl groups excluding tert-OH is 1. The number of nitrogens with two attached hydrogens (primary N) is 2. The van der Waals surface area contributed by atoms with Gasteiger partial charge in [0.1, 0.15) is 12.1 Å². The third kappa shape index (κ3) is 2.07. The Morgan fingerprint density at radius 1 is 1.77 bits per heavy atom. The fourth-order valence-corrected chi connectivity index (χ4v) is 1.06. The van der Waals surface area contributed by atoms with Crippen molar-refractivity contribution in [1.82, 2.24) is 5.32 Å². The van der Waals surface area contributed by atoms with Gasteiger partial charge in [-0.15, -0.1) is 0 Å². The number of guanidine groups is 1. The number of rotatable bonds is 3. The molecule has 74 valence electrons. The smallest absolute Gasteiger partial charge is 0.323 e. The number of nitrogens with zero attached hydrogens (tertiary/aromatic N) is 1. The summed E-state index contributed by atoms with van der Waals surface area (Å²) in [5.74, 6) is -1.06. The van der Waals surface area contributed by atoms with Gasteiger partial charge in [0.25, 0.3) is 0 Å². The third-order valence-corrected chi connectivity index (χ3v) is 1.84. The van der Waals surface area contributed by atoms with Crippen molar-refractivity contribution >= 4 is 11.9 Å². The molecule has 7 nitrogen and oxygen atoms in total. The van der Waals surface area contributed by atoms with E-state index in [9.17, 15) is 9.90 Å². The summed E-state index contributed by atoms with van der Waals surface area (Å²) in [6, 6.07) is -1.91. The molecule has 7 heteroatoms. The fourth-order valence-electron chi connectivity index (χ4n) is 1.06. The van der Waals surface area contributed by atoms with Gasteiger partial charge in [-0.25, -0.2) is 4.99 Å². The second kappa shape index (κ2) is 3.58. The fraction of sp³-hybridized carbons (Fsp3) is 0.667. The minimum absolute atomic E-state index is 0.196. The summed E-state index contributed by atoms with van der Waals surface area (Å²) in [6.45, 7) is 0.313. The first kappa shape index (κ1) is 9.75. The number of carbonyl (C=O) groups is 1. The van der Waals surface area contributed by atoms with Crippen LogP contribution < -0.4 is 16.8 Å². The molecule has 1 rings (SSSR count). The molecule has 0 aromatic heterocycles. The zero-order chi connectivity index (χ0) is 10.0. The molecule has 0 aromatic rings. The molecule has 1 heterocycles. The topological polar surface area (TPSA) is 134 Å². The van der Waals surface area contributed by atoms with E-state index in [1.165, 1.54) is 0 Å². The van der Waals surface area contributed by atoms with Gasteiger partial charge in [0.05, 0.1) is 6.04 Å². The van der Waals surface area contributed by atoms with Gasteiger partial charge in [-0.05, 0) is 0 Å². The zero-order valence-electron chi connectivity index (χ0n) is 6.84. The number of aliphatic carboxylic acids is 1. The molecule has 3 atom stereocenters. The number of hydrogen-bond acceptors (Lipinski definition) is 6. The zero-order valence-corrected chi connectivity index (χ0v) is 6.84. The Bertz CT molecular complexity index is 242. The van der Waals surface area contributed by atoms with E-state index >= 15 is 0 Å². The Labute approximate surface area is 74.4 Å². The SMILES string of the molecule is NC1=N[C@H]([C@H](O)[C@H](N)C(=O)O)CN1. The summed E-state index contributed by atoms with van der Waals surface area (Å²) in [6.07, 6.45) is -1.22. The molecule has 0 spiro atoms. The van der Waals surface area contributed by atoms with Crippen LogP contribution in [0.15, 0.2) is 4.99 Å². The molecule has 0 aliphatic carbocycles. The predicted molar refractivity (Wildman–Crippen MR) is 45.0 cm³/mol. The van der Waals surface area contributed by atoms with Crippen LogP contribution in [-0.4, -0.2) is 46.9 Å². The Kier molecular flexibility index (Phi) is 2.69. The largest absolute Gasteiger partial charge is 0.480 e. The highest BCUT2D eigenvalue weighted by Gasteiger charge is 2.32. The van der Waals surface area contributed by atoms with Gasteiger partial charge in [-0.1, -0.05) is 0 Å². The molecule has 0 saturated carbocycles. The van der Waals surface area contributed by atoms with E-state index in [1.807, 2.05) is 0 Å². The molecule has 0 unspecified atom stereocenters. The maximum absolute atomic E-state index is 10.4. The maximum atomic E-state index is 10.4. The summed E-state index contributed by atoms with van der Waals surface area (Å²) in [5.41, 5.74) is 10.5. The average molecular weight is 188 g/mol. The molecule has 0 aromatic carbocycles. The van der Waals surface area contributed by atoms with Crippen LogP contribution in [0.2, 0.25) is 0 Å². The molecular formula is C6H12N4O3. The van der Waals surface area contributed by atoms with E-state index in [4.69, 9.17) is 16.6 Å². The number of nitrogens with one attached hydrogen (secondary N) is 1. The number of carboxylic acids is 1.